The van der Waals surface area contributed by atoms with Gasteiger partial charge in [-0.15, -0.1) is 0 Å². The Morgan fingerprint density at radius 1 is 1.30 bits per heavy atom. The van der Waals surface area contributed by atoms with Gasteiger partial charge in [0.25, 0.3) is 11.6 Å². The van der Waals surface area contributed by atoms with Crippen molar-refractivity contribution in [2.24, 2.45) is 0 Å². The van der Waals surface area contributed by atoms with Crippen LogP contribution in [0.25, 0.3) is 22.4 Å². The molecule has 7 nitrogen and oxygen atoms in total. The minimum atomic E-state index is -0.428. The van der Waals surface area contributed by atoms with E-state index in [0.29, 0.717) is 27.9 Å². The number of aromatic nitrogens is 2. The van der Waals surface area contributed by atoms with Gasteiger partial charge >= 0.3 is 5.97 Å². The number of amides is 1. The first kappa shape index (κ1) is 18.5. The van der Waals surface area contributed by atoms with E-state index in [1.807, 2.05) is 0 Å². The molecule has 8 heteroatoms. The molecule has 140 valence electrons. The van der Waals surface area contributed by atoms with Gasteiger partial charge in [0.15, 0.2) is 0 Å². The van der Waals surface area contributed by atoms with E-state index in [4.69, 9.17) is 4.52 Å². The first-order valence-corrected chi connectivity index (χ1v) is 8.29. The van der Waals surface area contributed by atoms with Crippen LogP contribution in [0, 0.1) is 12.7 Å². The number of carbonyl (C=O) groups excluding carboxylic acids is 2. The Labute approximate surface area is 154 Å². The number of methoxy groups -OCH3 is 1. The van der Waals surface area contributed by atoms with E-state index in [0.717, 1.165) is 0 Å². The third-order valence-electron chi connectivity index (χ3n) is 4.08. The lowest BCUT2D eigenvalue weighted by molar-refractivity contribution is -0.141. The number of nitrogens with one attached hydrogen (secondary N) is 1. The van der Waals surface area contributed by atoms with Crippen molar-refractivity contribution < 1.29 is 23.2 Å². The van der Waals surface area contributed by atoms with Gasteiger partial charge in [-0.3, -0.25) is 9.59 Å². The summed E-state index contributed by atoms with van der Waals surface area (Å²) in [7, 11) is 1.29. The molecule has 0 spiro atoms. The number of aryl methyl sites for hydroxylation is 1. The van der Waals surface area contributed by atoms with Crippen molar-refractivity contribution in [2.45, 2.75) is 26.3 Å². The molecule has 3 aromatic rings. The van der Waals surface area contributed by atoms with E-state index in [2.05, 4.69) is 20.2 Å². The van der Waals surface area contributed by atoms with Crippen molar-refractivity contribution in [3.63, 3.8) is 0 Å². The minimum absolute atomic E-state index is 0.0455. The van der Waals surface area contributed by atoms with Crippen LogP contribution in [0.15, 0.2) is 34.9 Å². The van der Waals surface area contributed by atoms with Crippen LogP contribution >= 0.6 is 0 Å². The number of ether oxygens (including phenoxy) is 1. The van der Waals surface area contributed by atoms with Gasteiger partial charge in [0, 0.05) is 11.6 Å². The number of rotatable bonds is 5. The first-order valence-electron chi connectivity index (χ1n) is 8.29. The highest BCUT2D eigenvalue weighted by Crippen LogP contribution is 2.27. The molecule has 1 N–H and O–H groups in total. The van der Waals surface area contributed by atoms with Crippen LogP contribution in [0.2, 0.25) is 0 Å². The van der Waals surface area contributed by atoms with Gasteiger partial charge in [-0.25, -0.2) is 9.37 Å². The summed E-state index contributed by atoms with van der Waals surface area (Å²) in [5, 5.41) is 7.13. The van der Waals surface area contributed by atoms with Crippen molar-refractivity contribution in [3.8, 4) is 11.3 Å². The topological polar surface area (TPSA) is 94.3 Å². The number of benzene rings is 1. The zero-order valence-electron chi connectivity index (χ0n) is 15.1. The Bertz CT molecular complexity index is 998. The molecular formula is C19H18FN3O4. The molecule has 0 radical (unpaired) electrons. The highest BCUT2D eigenvalue weighted by atomic mass is 19.1. The smallest absolute Gasteiger partial charge is 0.307 e. The maximum Gasteiger partial charge on any atom is 0.307 e. The molecular weight excluding hydrogens is 353 g/mol. The lowest BCUT2D eigenvalue weighted by atomic mass is 10.0. The van der Waals surface area contributed by atoms with E-state index in [1.54, 1.807) is 32.0 Å². The third-order valence-corrected chi connectivity index (χ3v) is 4.08. The molecule has 1 amide bonds. The Kier molecular flexibility index (Phi) is 5.16. The average Bonchev–Trinajstić information content (AvgIpc) is 3.02. The van der Waals surface area contributed by atoms with E-state index in [-0.39, 0.29) is 18.0 Å². The van der Waals surface area contributed by atoms with E-state index < -0.39 is 17.9 Å². The molecule has 0 aliphatic heterocycles. The van der Waals surface area contributed by atoms with Gasteiger partial charge in [-0.1, -0.05) is 5.16 Å². The maximum absolute atomic E-state index is 13.2. The number of fused-ring (bicyclic) bond motifs is 1. The normalized spacial score (nSPS) is 12.0. The van der Waals surface area contributed by atoms with Crippen LogP contribution in [0.3, 0.4) is 0 Å². The van der Waals surface area contributed by atoms with Crippen LogP contribution < -0.4 is 5.32 Å². The molecule has 3 rings (SSSR count). The van der Waals surface area contributed by atoms with Crippen LogP contribution in [-0.4, -0.2) is 35.2 Å². The SMILES string of the molecule is COC(=O)CC(C)NC(=O)c1cc(-c2ccc(F)cc2)nc2onc(C)c12. The molecule has 0 bridgehead atoms. The summed E-state index contributed by atoms with van der Waals surface area (Å²) in [6, 6.07) is 6.92. The monoisotopic (exact) mass is 371 g/mol. The van der Waals surface area contributed by atoms with E-state index >= 15 is 0 Å². The quantitative estimate of drug-likeness (QED) is 0.693. The van der Waals surface area contributed by atoms with Crippen molar-refractivity contribution >= 4 is 23.0 Å². The van der Waals surface area contributed by atoms with Crippen LogP contribution in [0.5, 0.6) is 0 Å². The Hall–Kier alpha value is -3.29. The number of pyridine rings is 1. The van der Waals surface area contributed by atoms with Gasteiger partial charge < -0.3 is 14.6 Å². The van der Waals surface area contributed by atoms with Crippen LogP contribution in [0.4, 0.5) is 4.39 Å². The second-order valence-corrected chi connectivity index (χ2v) is 6.16. The maximum atomic E-state index is 13.2. The minimum Gasteiger partial charge on any atom is -0.469 e. The fourth-order valence-electron chi connectivity index (χ4n) is 2.73. The number of hydrogen-bond donors (Lipinski definition) is 1. The van der Waals surface area contributed by atoms with E-state index in [1.165, 1.54) is 19.2 Å². The standard InChI is InChI=1S/C19H18FN3O4/c1-10(8-16(24)26-3)21-18(25)14-9-15(12-4-6-13(20)7-5-12)22-19-17(14)11(2)23-27-19/h4-7,9-10H,8H2,1-3H3,(H,21,25). The predicted octanol–water partition coefficient (Wildman–Crippen LogP) is 3.02. The number of nitrogens with zero attached hydrogens (tertiary/aromatic N) is 2. The molecule has 2 heterocycles. The van der Waals surface area contributed by atoms with Crippen molar-refractivity contribution in [2.75, 3.05) is 7.11 Å². The first-order chi connectivity index (χ1) is 12.9. The highest BCUT2D eigenvalue weighted by Gasteiger charge is 2.21. The number of hydrogen-bond acceptors (Lipinski definition) is 6. The molecule has 2 aromatic heterocycles. The average molecular weight is 371 g/mol. The van der Waals surface area contributed by atoms with Crippen LogP contribution in [-0.2, 0) is 9.53 Å². The van der Waals surface area contributed by atoms with Gasteiger partial charge in [-0.2, -0.15) is 0 Å². The highest BCUT2D eigenvalue weighted by molar-refractivity contribution is 6.07. The zero-order chi connectivity index (χ0) is 19.6. The van der Waals surface area contributed by atoms with E-state index in [9.17, 15) is 14.0 Å². The molecule has 1 unspecified atom stereocenters. The lowest BCUT2D eigenvalue weighted by Crippen LogP contribution is -2.34. The van der Waals surface area contributed by atoms with Crippen LogP contribution in [0.1, 0.15) is 29.4 Å². The number of carbonyl (C=O) groups is 2. The molecule has 27 heavy (non-hydrogen) atoms. The Morgan fingerprint density at radius 2 is 2.00 bits per heavy atom. The van der Waals surface area contributed by atoms with Crippen molar-refractivity contribution in [3.05, 3.63) is 47.4 Å². The molecule has 0 fully saturated rings. The van der Waals surface area contributed by atoms with Crippen molar-refractivity contribution in [1.29, 1.82) is 0 Å². The summed E-state index contributed by atoms with van der Waals surface area (Å²) < 4.78 is 23.0. The number of halogens is 1. The van der Waals surface area contributed by atoms with Gasteiger partial charge in [0.1, 0.15) is 5.82 Å². The summed E-state index contributed by atoms with van der Waals surface area (Å²) in [5.41, 5.74) is 2.12. The summed E-state index contributed by atoms with van der Waals surface area (Å²) in [6.07, 6.45) is 0.0455. The Balaban J connectivity index is 2.00. The lowest BCUT2D eigenvalue weighted by Gasteiger charge is -2.13. The molecule has 1 atom stereocenters. The summed E-state index contributed by atoms with van der Waals surface area (Å²) in [6.45, 7) is 3.41. The molecule has 0 aliphatic carbocycles. The second-order valence-electron chi connectivity index (χ2n) is 6.16. The van der Waals surface area contributed by atoms with Crippen molar-refractivity contribution in [1.82, 2.24) is 15.5 Å². The summed E-state index contributed by atoms with van der Waals surface area (Å²) >= 11 is 0. The zero-order valence-corrected chi connectivity index (χ0v) is 15.1. The van der Waals surface area contributed by atoms with Gasteiger partial charge in [-0.05, 0) is 44.2 Å². The van der Waals surface area contributed by atoms with Gasteiger partial charge in [0.05, 0.1) is 35.9 Å². The Morgan fingerprint density at radius 3 is 2.67 bits per heavy atom. The second kappa shape index (κ2) is 7.53. The number of esters is 1. The molecule has 0 aliphatic rings. The fourth-order valence-corrected chi connectivity index (χ4v) is 2.73. The largest absolute Gasteiger partial charge is 0.469 e. The van der Waals surface area contributed by atoms with Gasteiger partial charge in [0.2, 0.25) is 0 Å². The molecule has 0 saturated heterocycles. The summed E-state index contributed by atoms with van der Waals surface area (Å²) in [5.74, 6) is -1.19. The molecule has 0 saturated carbocycles. The third kappa shape index (κ3) is 3.94. The fraction of sp³-hybridized carbons (Fsp3) is 0.263. The molecule has 1 aromatic carbocycles. The predicted molar refractivity (Wildman–Crippen MR) is 95.5 cm³/mol. The summed E-state index contributed by atoms with van der Waals surface area (Å²) in [4.78, 5) is 28.6.